The van der Waals surface area contributed by atoms with E-state index in [1.807, 2.05) is 26.4 Å². The molecule has 36 heavy (non-hydrogen) atoms. The summed E-state index contributed by atoms with van der Waals surface area (Å²) < 4.78 is 3.44. The number of thiazole rings is 1. The summed E-state index contributed by atoms with van der Waals surface area (Å²) in [6.45, 7) is 4.81. The first-order chi connectivity index (χ1) is 17.4. The van der Waals surface area contributed by atoms with Gasteiger partial charge in [-0.3, -0.25) is 19.3 Å². The Morgan fingerprint density at radius 3 is 2.72 bits per heavy atom. The molecule has 0 radical (unpaired) electrons. The molecular formula is C25H28N8O2S. The van der Waals surface area contributed by atoms with Gasteiger partial charge in [-0.15, -0.1) is 11.3 Å². The second-order valence-electron chi connectivity index (χ2n) is 9.94. The Morgan fingerprint density at radius 2 is 1.97 bits per heavy atom. The van der Waals surface area contributed by atoms with Gasteiger partial charge in [0, 0.05) is 44.5 Å². The Bertz CT molecular complexity index is 1460. The molecule has 1 saturated carbocycles. The van der Waals surface area contributed by atoms with Gasteiger partial charge in [0.15, 0.2) is 0 Å². The molecule has 0 bridgehead atoms. The third-order valence-electron chi connectivity index (χ3n) is 7.18. The molecule has 0 atom stereocenters. The maximum atomic E-state index is 13.1. The Hall–Kier alpha value is -3.57. The molecule has 0 unspecified atom stereocenters. The van der Waals surface area contributed by atoms with E-state index in [1.165, 1.54) is 30.6 Å². The van der Waals surface area contributed by atoms with Crippen LogP contribution in [-0.2, 0) is 11.8 Å². The van der Waals surface area contributed by atoms with E-state index in [4.69, 9.17) is 0 Å². The summed E-state index contributed by atoms with van der Waals surface area (Å²) in [5.74, 6) is -0.324. The monoisotopic (exact) mass is 504 g/mol. The lowest BCUT2D eigenvalue weighted by Crippen LogP contribution is -2.26. The zero-order valence-electron chi connectivity index (χ0n) is 20.3. The molecule has 0 aromatic carbocycles. The number of pyridine rings is 1. The number of amides is 2. The molecule has 186 valence electrons. The Balaban J connectivity index is 1.11. The van der Waals surface area contributed by atoms with E-state index in [1.54, 1.807) is 33.9 Å². The van der Waals surface area contributed by atoms with Crippen molar-refractivity contribution in [2.45, 2.75) is 32.6 Å². The van der Waals surface area contributed by atoms with Crippen molar-refractivity contribution in [2.75, 3.05) is 30.3 Å². The van der Waals surface area contributed by atoms with Gasteiger partial charge in [-0.25, -0.2) is 4.52 Å². The van der Waals surface area contributed by atoms with E-state index < -0.39 is 0 Å². The fourth-order valence-corrected chi connectivity index (χ4v) is 5.86. The summed E-state index contributed by atoms with van der Waals surface area (Å²) in [6.07, 6.45) is 13.2. The van der Waals surface area contributed by atoms with Gasteiger partial charge in [0.25, 0.3) is 5.91 Å². The van der Waals surface area contributed by atoms with Gasteiger partial charge < -0.3 is 15.5 Å². The molecule has 2 fully saturated rings. The Labute approximate surface area is 212 Å². The normalized spacial score (nSPS) is 16.6. The number of carbonyl (C=O) groups excluding carboxylic acids is 2. The van der Waals surface area contributed by atoms with E-state index >= 15 is 0 Å². The van der Waals surface area contributed by atoms with Crippen molar-refractivity contribution in [2.24, 2.45) is 12.5 Å². The fourth-order valence-electron chi connectivity index (χ4n) is 4.83. The van der Waals surface area contributed by atoms with Gasteiger partial charge in [-0.05, 0) is 44.2 Å². The third kappa shape index (κ3) is 4.51. The van der Waals surface area contributed by atoms with Crippen molar-refractivity contribution in [3.8, 4) is 10.4 Å². The lowest BCUT2D eigenvalue weighted by molar-refractivity contribution is -0.116. The molecule has 2 aliphatic rings. The average Bonchev–Trinajstić information content (AvgIpc) is 3.25. The van der Waals surface area contributed by atoms with Crippen molar-refractivity contribution >= 4 is 39.4 Å². The molecular weight excluding hydrogens is 476 g/mol. The van der Waals surface area contributed by atoms with Crippen LogP contribution < -0.4 is 10.6 Å². The lowest BCUT2D eigenvalue weighted by atomic mass is 10.1. The highest BCUT2D eigenvalue weighted by Crippen LogP contribution is 2.52. The molecule has 4 aromatic heterocycles. The van der Waals surface area contributed by atoms with Crippen LogP contribution in [0.25, 0.3) is 15.3 Å². The highest BCUT2D eigenvalue weighted by Gasteiger charge is 2.47. The lowest BCUT2D eigenvalue weighted by Gasteiger charge is -2.15. The summed E-state index contributed by atoms with van der Waals surface area (Å²) in [5.41, 5.74) is 3.80. The van der Waals surface area contributed by atoms with Crippen LogP contribution in [0.4, 0.5) is 11.4 Å². The molecule has 1 spiro atoms. The van der Waals surface area contributed by atoms with Crippen LogP contribution in [-0.4, -0.2) is 60.7 Å². The van der Waals surface area contributed by atoms with Gasteiger partial charge in [0.1, 0.15) is 4.83 Å². The first-order valence-electron chi connectivity index (χ1n) is 12.1. The summed E-state index contributed by atoms with van der Waals surface area (Å²) in [5, 5.41) is 14.4. The smallest absolute Gasteiger partial charge is 0.260 e. The van der Waals surface area contributed by atoms with E-state index in [9.17, 15) is 9.59 Å². The summed E-state index contributed by atoms with van der Waals surface area (Å²) >= 11 is 1.48. The van der Waals surface area contributed by atoms with Crippen molar-refractivity contribution in [3.63, 3.8) is 0 Å². The van der Waals surface area contributed by atoms with Crippen molar-refractivity contribution in [3.05, 3.63) is 48.3 Å². The SMILES string of the molecule is Cc1ncc(NC(=O)CCN2CCC3(CC3)C2)cc1NC(=O)c1cnn2cc(-c3cnn(C)c3)sc12. The maximum Gasteiger partial charge on any atom is 0.260 e. The third-order valence-corrected chi connectivity index (χ3v) is 8.34. The summed E-state index contributed by atoms with van der Waals surface area (Å²) in [7, 11) is 1.87. The maximum absolute atomic E-state index is 13.1. The van der Waals surface area contributed by atoms with Crippen molar-refractivity contribution in [1.82, 2.24) is 29.3 Å². The van der Waals surface area contributed by atoms with Crippen LogP contribution in [0.5, 0.6) is 0 Å². The number of rotatable bonds is 7. The number of aromatic nitrogens is 5. The molecule has 2 amide bonds. The highest BCUT2D eigenvalue weighted by molar-refractivity contribution is 7.21. The van der Waals surface area contributed by atoms with E-state index in [0.717, 1.165) is 34.9 Å². The second kappa shape index (κ2) is 8.82. The molecule has 2 N–H and O–H groups in total. The predicted octanol–water partition coefficient (Wildman–Crippen LogP) is 3.57. The van der Waals surface area contributed by atoms with Crippen LogP contribution in [0, 0.1) is 12.3 Å². The van der Waals surface area contributed by atoms with E-state index in [-0.39, 0.29) is 11.8 Å². The number of fused-ring (bicyclic) bond motifs is 1. The zero-order chi connectivity index (χ0) is 24.9. The molecule has 1 aliphatic carbocycles. The minimum atomic E-state index is -0.277. The number of hydrogen-bond acceptors (Lipinski definition) is 7. The van der Waals surface area contributed by atoms with Crippen LogP contribution in [0.3, 0.4) is 0 Å². The second-order valence-corrected chi connectivity index (χ2v) is 11.0. The number of carbonyl (C=O) groups is 2. The van der Waals surface area contributed by atoms with E-state index in [0.29, 0.717) is 34.5 Å². The first kappa shape index (κ1) is 22.9. The number of likely N-dealkylation sites (tertiary alicyclic amines) is 1. The molecule has 4 aromatic rings. The van der Waals surface area contributed by atoms with Gasteiger partial charge >= 0.3 is 0 Å². The Morgan fingerprint density at radius 1 is 1.11 bits per heavy atom. The van der Waals surface area contributed by atoms with Crippen LogP contribution in [0.1, 0.15) is 41.7 Å². The molecule has 1 aliphatic heterocycles. The number of nitrogens with zero attached hydrogens (tertiary/aromatic N) is 6. The van der Waals surface area contributed by atoms with Gasteiger partial charge in [0.2, 0.25) is 5.91 Å². The zero-order valence-corrected chi connectivity index (χ0v) is 21.1. The molecule has 11 heteroatoms. The number of aryl methyl sites for hydroxylation is 2. The van der Waals surface area contributed by atoms with Gasteiger partial charge in [-0.1, -0.05) is 0 Å². The largest absolute Gasteiger partial charge is 0.325 e. The fraction of sp³-hybridized carbons (Fsp3) is 0.400. The van der Waals surface area contributed by atoms with Gasteiger partial charge in [0.05, 0.1) is 46.1 Å². The average molecular weight is 505 g/mol. The number of anilines is 2. The molecule has 10 nitrogen and oxygen atoms in total. The number of hydrogen-bond donors (Lipinski definition) is 2. The quantitative estimate of drug-likeness (QED) is 0.398. The summed E-state index contributed by atoms with van der Waals surface area (Å²) in [6, 6.07) is 1.75. The summed E-state index contributed by atoms with van der Waals surface area (Å²) in [4.78, 5) is 34.2. The highest BCUT2D eigenvalue weighted by atomic mass is 32.1. The van der Waals surface area contributed by atoms with E-state index in [2.05, 4.69) is 30.7 Å². The van der Waals surface area contributed by atoms with Crippen LogP contribution in [0.2, 0.25) is 0 Å². The van der Waals surface area contributed by atoms with Gasteiger partial charge in [-0.2, -0.15) is 10.2 Å². The van der Waals surface area contributed by atoms with Crippen LogP contribution in [0.15, 0.2) is 37.1 Å². The van der Waals surface area contributed by atoms with Crippen LogP contribution >= 0.6 is 11.3 Å². The van der Waals surface area contributed by atoms with Crippen molar-refractivity contribution < 1.29 is 9.59 Å². The number of nitrogens with one attached hydrogen (secondary N) is 2. The molecule has 5 heterocycles. The predicted molar refractivity (Wildman–Crippen MR) is 138 cm³/mol. The Kier molecular flexibility index (Phi) is 5.60. The minimum absolute atomic E-state index is 0.0467. The molecule has 6 rings (SSSR count). The topological polar surface area (TPSA) is 109 Å². The van der Waals surface area contributed by atoms with Crippen molar-refractivity contribution in [1.29, 1.82) is 0 Å². The minimum Gasteiger partial charge on any atom is -0.325 e. The first-order valence-corrected chi connectivity index (χ1v) is 13.0. The molecule has 1 saturated heterocycles. The standard InChI is InChI=1S/C25H28N8O2S/c1-16-20(9-18(11-26-16)29-22(34)3-7-32-8-6-25(15-32)4-5-25)30-23(35)19-12-28-33-14-21(36-24(19)33)17-10-27-31(2)13-17/h9-14H,3-8,15H2,1-2H3,(H,29,34)(H,30,35).